The summed E-state index contributed by atoms with van der Waals surface area (Å²) in [5.74, 6) is 3.11. The third-order valence-electron chi connectivity index (χ3n) is 1.28. The van der Waals surface area contributed by atoms with Gasteiger partial charge < -0.3 is 17.0 Å². The van der Waals surface area contributed by atoms with Crippen molar-refractivity contribution >= 4 is 0 Å². The molecule has 0 saturated carbocycles. The maximum atomic E-state index is 3.11. The van der Waals surface area contributed by atoms with Crippen LogP contribution >= 0.6 is 0 Å². The Morgan fingerprint density at radius 2 is 1.90 bits per heavy atom. The zero-order valence-electron chi connectivity index (χ0n) is 6.62. The molecule has 0 amide bonds. The monoisotopic (exact) mass is 252 g/mol. The Balaban J connectivity index is 0. The molecule has 0 saturated heterocycles. The van der Waals surface area contributed by atoms with Crippen molar-refractivity contribution < 1.29 is 35.3 Å². The molecule has 0 spiro atoms. The van der Waals surface area contributed by atoms with Gasteiger partial charge in [-0.2, -0.15) is 0 Å². The Kier molecular flexibility index (Phi) is 16.4. The molecule has 0 N–H and O–H groups in total. The first-order chi connectivity index (χ1) is 4.41. The number of hydrogen-bond donors (Lipinski definition) is 0. The SMILES string of the molecule is CCCCCCC#[C][Zn+].[Br-]. The first kappa shape index (κ1) is 13.3. The van der Waals surface area contributed by atoms with Crippen LogP contribution in [-0.4, -0.2) is 0 Å². The van der Waals surface area contributed by atoms with Crippen LogP contribution in [0.2, 0.25) is 0 Å². The van der Waals surface area contributed by atoms with Crippen molar-refractivity contribution in [2.24, 2.45) is 0 Å². The molecule has 0 fully saturated rings. The van der Waals surface area contributed by atoms with Crippen molar-refractivity contribution in [2.45, 2.75) is 39.0 Å². The van der Waals surface area contributed by atoms with E-state index < -0.39 is 0 Å². The van der Waals surface area contributed by atoms with Gasteiger partial charge in [0, 0.05) is 0 Å². The summed E-state index contributed by atoms with van der Waals surface area (Å²) in [6, 6.07) is 0. The summed E-state index contributed by atoms with van der Waals surface area (Å²) < 4.78 is 3.02. The first-order valence-electron chi connectivity index (χ1n) is 3.66. The molecule has 0 bridgehead atoms. The van der Waals surface area contributed by atoms with Crippen molar-refractivity contribution in [3.05, 3.63) is 0 Å². The van der Waals surface area contributed by atoms with Crippen molar-refractivity contribution in [3.63, 3.8) is 0 Å². The van der Waals surface area contributed by atoms with Gasteiger partial charge in [-0.15, -0.1) is 0 Å². The fraction of sp³-hybridized carbons (Fsp3) is 0.750. The molecule has 0 aliphatic carbocycles. The second-order valence-corrected chi connectivity index (χ2v) is 2.91. The van der Waals surface area contributed by atoms with Gasteiger partial charge in [0.2, 0.25) is 0 Å². The third kappa shape index (κ3) is 11.5. The zero-order valence-corrected chi connectivity index (χ0v) is 11.2. The van der Waals surface area contributed by atoms with Gasteiger partial charge in [-0.05, 0) is 0 Å². The van der Waals surface area contributed by atoms with Gasteiger partial charge in [-0.3, -0.25) is 0 Å². The predicted molar refractivity (Wildman–Crippen MR) is 36.5 cm³/mol. The van der Waals surface area contributed by atoms with Gasteiger partial charge in [0.1, 0.15) is 0 Å². The van der Waals surface area contributed by atoms with Crippen LogP contribution in [0, 0.1) is 10.4 Å². The molecule has 2 heteroatoms. The maximum Gasteiger partial charge on any atom is -1.00 e. The largest absolute Gasteiger partial charge is 1.00 e. The van der Waals surface area contributed by atoms with Crippen molar-refractivity contribution in [3.8, 4) is 10.4 Å². The van der Waals surface area contributed by atoms with Crippen molar-refractivity contribution in [1.29, 1.82) is 0 Å². The minimum Gasteiger partial charge on any atom is -1.00 e. The number of hydrogen-bond acceptors (Lipinski definition) is 0. The van der Waals surface area contributed by atoms with Gasteiger partial charge in [0.05, 0.1) is 0 Å². The number of rotatable bonds is 4. The van der Waals surface area contributed by atoms with E-state index in [0.29, 0.717) is 0 Å². The first-order valence-corrected chi connectivity index (χ1v) is 5.15. The zero-order chi connectivity index (χ0) is 6.95. The van der Waals surface area contributed by atoms with Crippen LogP contribution in [0.3, 0.4) is 0 Å². The van der Waals surface area contributed by atoms with Gasteiger partial charge >= 0.3 is 67.8 Å². The van der Waals surface area contributed by atoms with E-state index in [0.717, 1.165) is 24.7 Å². The average Bonchev–Trinajstić information content (AvgIpc) is 1.89. The molecular weight excluding hydrogens is 241 g/mol. The van der Waals surface area contributed by atoms with E-state index in [4.69, 9.17) is 0 Å². The topological polar surface area (TPSA) is 0 Å². The quantitative estimate of drug-likeness (QED) is 0.359. The molecular formula is C8H13BrZn. The molecule has 0 aliphatic heterocycles. The molecule has 0 atom stereocenters. The van der Waals surface area contributed by atoms with Gasteiger partial charge in [-0.1, -0.05) is 0 Å². The molecule has 0 rings (SSSR count). The Bertz CT molecular complexity index is 102. The number of unbranched alkanes of at least 4 members (excludes halogenated alkanes) is 4. The minimum absolute atomic E-state index is 0. The predicted octanol–water partition coefficient (Wildman–Crippen LogP) is -0.531. The summed E-state index contributed by atoms with van der Waals surface area (Å²) in [6.45, 7) is 2.23. The molecule has 0 radical (unpaired) electrons. The molecule has 54 valence electrons. The molecule has 0 aromatic heterocycles. The molecule has 0 heterocycles. The second-order valence-electron chi connectivity index (χ2n) is 2.16. The van der Waals surface area contributed by atoms with Crippen LogP contribution in [0.1, 0.15) is 39.0 Å². The summed E-state index contributed by atoms with van der Waals surface area (Å²) in [5, 5.41) is 0. The Labute approximate surface area is 84.6 Å². The summed E-state index contributed by atoms with van der Waals surface area (Å²) in [6.07, 6.45) is 6.50. The molecule has 0 aromatic rings. The second kappa shape index (κ2) is 12.3. The molecule has 0 unspecified atom stereocenters. The Hall–Kier alpha value is 0.663. The van der Waals surface area contributed by atoms with E-state index in [1.54, 1.807) is 0 Å². The van der Waals surface area contributed by atoms with Crippen LogP contribution in [0.25, 0.3) is 0 Å². The third-order valence-corrected chi connectivity index (χ3v) is 1.80. The molecule has 0 aliphatic rings. The Morgan fingerprint density at radius 3 is 2.40 bits per heavy atom. The standard InChI is InChI=1S/C8H13.BrH.Zn/c1-3-5-7-8-6-4-2;;/h3,5-8H2,1H3;1H;/q;;+1/p-1. The molecule has 0 nitrogen and oxygen atoms in total. The van der Waals surface area contributed by atoms with Crippen LogP contribution in [-0.2, 0) is 18.3 Å². The van der Waals surface area contributed by atoms with Gasteiger partial charge in [-0.25, -0.2) is 0 Å². The molecule has 10 heavy (non-hydrogen) atoms. The fourth-order valence-corrected chi connectivity index (χ4v) is 1.10. The van der Waals surface area contributed by atoms with Crippen LogP contribution in [0.15, 0.2) is 0 Å². The summed E-state index contributed by atoms with van der Waals surface area (Å²) in [4.78, 5) is 0. The number of halogens is 1. The van der Waals surface area contributed by atoms with E-state index in [2.05, 4.69) is 17.4 Å². The van der Waals surface area contributed by atoms with Crippen LogP contribution in [0.5, 0.6) is 0 Å². The Morgan fingerprint density at radius 1 is 1.20 bits per heavy atom. The van der Waals surface area contributed by atoms with Crippen LogP contribution < -0.4 is 17.0 Å². The molecule has 0 aromatic carbocycles. The van der Waals surface area contributed by atoms with E-state index >= 15 is 0 Å². The minimum atomic E-state index is 0. The van der Waals surface area contributed by atoms with Crippen molar-refractivity contribution in [1.82, 2.24) is 0 Å². The van der Waals surface area contributed by atoms with Gasteiger partial charge in [0.15, 0.2) is 0 Å². The fourth-order valence-electron chi connectivity index (χ4n) is 0.729. The average molecular weight is 254 g/mol. The van der Waals surface area contributed by atoms with Crippen molar-refractivity contribution in [2.75, 3.05) is 0 Å². The summed E-state index contributed by atoms with van der Waals surface area (Å²) in [5.41, 5.74) is 0. The smallest absolute Gasteiger partial charge is 1.00 e. The maximum absolute atomic E-state index is 3.11. The van der Waals surface area contributed by atoms with E-state index in [-0.39, 0.29) is 17.0 Å². The normalized spacial score (nSPS) is 7.50. The summed E-state index contributed by atoms with van der Waals surface area (Å²) in [7, 11) is 0. The van der Waals surface area contributed by atoms with E-state index in [1.807, 2.05) is 0 Å². The van der Waals surface area contributed by atoms with Gasteiger partial charge in [0.25, 0.3) is 0 Å². The van der Waals surface area contributed by atoms with Crippen LogP contribution in [0.4, 0.5) is 0 Å². The van der Waals surface area contributed by atoms with E-state index in [9.17, 15) is 0 Å². The van der Waals surface area contributed by atoms with E-state index in [1.165, 1.54) is 25.7 Å². The summed E-state index contributed by atoms with van der Waals surface area (Å²) >= 11 is 1.13.